The van der Waals surface area contributed by atoms with Crippen LogP contribution in [0.25, 0.3) is 0 Å². The minimum Gasteiger partial charge on any atom is -0.478 e. The molecule has 0 aliphatic heterocycles. The van der Waals surface area contributed by atoms with Crippen LogP contribution in [0.1, 0.15) is 17.3 Å². The fraction of sp³-hybridized carbons (Fsp3) is 0.300. The van der Waals surface area contributed by atoms with E-state index >= 15 is 0 Å². The number of carboxylic acids is 1. The maximum Gasteiger partial charge on any atom is 0.338 e. The van der Waals surface area contributed by atoms with Gasteiger partial charge in [0.25, 0.3) is 0 Å². The van der Waals surface area contributed by atoms with E-state index in [-0.39, 0.29) is 11.6 Å². The summed E-state index contributed by atoms with van der Waals surface area (Å²) in [7, 11) is -2.83. The van der Waals surface area contributed by atoms with Gasteiger partial charge in [0.1, 0.15) is 4.90 Å². The molecule has 0 heterocycles. The predicted molar refractivity (Wildman–Crippen MR) is 63.9 cm³/mol. The highest BCUT2D eigenvalue weighted by molar-refractivity contribution is 7.89. The van der Waals surface area contributed by atoms with E-state index in [0.717, 1.165) is 16.4 Å². The van der Waals surface area contributed by atoms with Gasteiger partial charge < -0.3 is 5.11 Å². The standard InChI is InChI=1S/C10H11ClFNO4S/c1-3-13(2)18(16,17)8-5-6(11)4-7(9(8)12)10(14)15/h4-5H,3H2,1-2H3,(H,14,15). The molecule has 100 valence electrons. The minimum atomic E-state index is -4.09. The SMILES string of the molecule is CCN(C)S(=O)(=O)c1cc(Cl)cc(C(=O)O)c1F. The van der Waals surface area contributed by atoms with Crippen LogP contribution < -0.4 is 0 Å². The van der Waals surface area contributed by atoms with Crippen LogP contribution >= 0.6 is 11.6 Å². The first-order valence-corrected chi connectivity index (χ1v) is 6.72. The molecule has 0 aliphatic carbocycles. The third-order valence-corrected chi connectivity index (χ3v) is 4.52. The molecule has 1 aromatic rings. The number of benzene rings is 1. The lowest BCUT2D eigenvalue weighted by atomic mass is 10.2. The molecule has 0 unspecified atom stereocenters. The number of rotatable bonds is 4. The molecular formula is C10H11ClFNO4S. The van der Waals surface area contributed by atoms with Gasteiger partial charge in [-0.1, -0.05) is 18.5 Å². The van der Waals surface area contributed by atoms with Gasteiger partial charge >= 0.3 is 5.97 Å². The molecule has 0 saturated heterocycles. The van der Waals surface area contributed by atoms with E-state index in [2.05, 4.69) is 0 Å². The quantitative estimate of drug-likeness (QED) is 0.919. The molecule has 0 saturated carbocycles. The number of hydrogen-bond donors (Lipinski definition) is 1. The second kappa shape index (κ2) is 5.21. The summed E-state index contributed by atoms with van der Waals surface area (Å²) >= 11 is 5.61. The van der Waals surface area contributed by atoms with E-state index < -0.39 is 32.3 Å². The Morgan fingerprint density at radius 2 is 2.06 bits per heavy atom. The third kappa shape index (κ3) is 2.63. The van der Waals surface area contributed by atoms with Gasteiger partial charge in [-0.15, -0.1) is 0 Å². The fourth-order valence-electron chi connectivity index (χ4n) is 1.25. The monoisotopic (exact) mass is 295 g/mol. The van der Waals surface area contributed by atoms with Crippen molar-refractivity contribution in [2.45, 2.75) is 11.8 Å². The van der Waals surface area contributed by atoms with Gasteiger partial charge in [-0.3, -0.25) is 0 Å². The van der Waals surface area contributed by atoms with Crippen molar-refractivity contribution < 1.29 is 22.7 Å². The highest BCUT2D eigenvalue weighted by atomic mass is 35.5. The molecule has 0 bridgehead atoms. The third-order valence-electron chi connectivity index (χ3n) is 2.37. The predicted octanol–water partition coefficient (Wildman–Crippen LogP) is 1.82. The molecule has 0 radical (unpaired) electrons. The average molecular weight is 296 g/mol. The summed E-state index contributed by atoms with van der Waals surface area (Å²) in [5.74, 6) is -2.89. The molecule has 0 atom stereocenters. The van der Waals surface area contributed by atoms with Crippen LogP contribution in [-0.4, -0.2) is 37.4 Å². The zero-order valence-electron chi connectivity index (χ0n) is 9.65. The largest absolute Gasteiger partial charge is 0.478 e. The number of carbonyl (C=O) groups is 1. The molecule has 0 aliphatic rings. The average Bonchev–Trinajstić information content (AvgIpc) is 2.29. The number of hydrogen-bond acceptors (Lipinski definition) is 3. The van der Waals surface area contributed by atoms with Crippen LogP contribution in [-0.2, 0) is 10.0 Å². The summed E-state index contributed by atoms with van der Waals surface area (Å²) in [5, 5.41) is 8.61. The molecule has 0 amide bonds. The van der Waals surface area contributed by atoms with Crippen LogP contribution in [0.5, 0.6) is 0 Å². The van der Waals surface area contributed by atoms with E-state index in [4.69, 9.17) is 16.7 Å². The van der Waals surface area contributed by atoms with Crippen molar-refractivity contribution in [2.24, 2.45) is 0 Å². The topological polar surface area (TPSA) is 74.7 Å². The first kappa shape index (κ1) is 14.9. The molecule has 5 nitrogen and oxygen atoms in total. The highest BCUT2D eigenvalue weighted by Gasteiger charge is 2.27. The number of aromatic carboxylic acids is 1. The van der Waals surface area contributed by atoms with Crippen LogP contribution in [0.4, 0.5) is 4.39 Å². The number of sulfonamides is 1. The van der Waals surface area contributed by atoms with E-state index in [1.165, 1.54) is 7.05 Å². The van der Waals surface area contributed by atoms with Gasteiger partial charge in [0.05, 0.1) is 5.56 Å². The Kier molecular flexibility index (Phi) is 4.31. The van der Waals surface area contributed by atoms with Crippen molar-refractivity contribution in [1.82, 2.24) is 4.31 Å². The lowest BCUT2D eigenvalue weighted by Crippen LogP contribution is -2.27. The molecule has 1 N–H and O–H groups in total. The van der Waals surface area contributed by atoms with E-state index in [0.29, 0.717) is 0 Å². The van der Waals surface area contributed by atoms with Gasteiger partial charge in [0.15, 0.2) is 5.82 Å². The highest BCUT2D eigenvalue weighted by Crippen LogP contribution is 2.25. The Hall–Kier alpha value is -1.18. The smallest absolute Gasteiger partial charge is 0.338 e. The Bertz CT molecular complexity index is 588. The van der Waals surface area contributed by atoms with Crippen molar-refractivity contribution in [1.29, 1.82) is 0 Å². The van der Waals surface area contributed by atoms with Gasteiger partial charge in [0.2, 0.25) is 10.0 Å². The van der Waals surface area contributed by atoms with Crippen molar-refractivity contribution in [2.75, 3.05) is 13.6 Å². The van der Waals surface area contributed by atoms with Crippen LogP contribution in [0.15, 0.2) is 17.0 Å². The molecule has 0 spiro atoms. The van der Waals surface area contributed by atoms with Gasteiger partial charge in [-0.05, 0) is 12.1 Å². The molecule has 0 fully saturated rings. The maximum atomic E-state index is 13.9. The second-order valence-electron chi connectivity index (χ2n) is 3.49. The first-order valence-electron chi connectivity index (χ1n) is 4.90. The van der Waals surface area contributed by atoms with Crippen LogP contribution in [0.3, 0.4) is 0 Å². The van der Waals surface area contributed by atoms with Crippen molar-refractivity contribution in [3.63, 3.8) is 0 Å². The summed E-state index contributed by atoms with van der Waals surface area (Å²) in [5.41, 5.74) is -0.773. The molecule has 0 aromatic heterocycles. The van der Waals surface area contributed by atoms with Crippen molar-refractivity contribution in [3.05, 3.63) is 28.5 Å². The number of halogens is 2. The summed E-state index contributed by atoms with van der Waals surface area (Å²) < 4.78 is 38.6. The Labute approximate surface area is 109 Å². The van der Waals surface area contributed by atoms with Gasteiger partial charge in [-0.2, -0.15) is 0 Å². The normalized spacial score (nSPS) is 11.8. The summed E-state index contributed by atoms with van der Waals surface area (Å²) in [6.45, 7) is 1.69. The van der Waals surface area contributed by atoms with E-state index in [9.17, 15) is 17.6 Å². The van der Waals surface area contributed by atoms with Crippen molar-refractivity contribution >= 4 is 27.6 Å². The van der Waals surface area contributed by atoms with Crippen molar-refractivity contribution in [3.8, 4) is 0 Å². The maximum absolute atomic E-state index is 13.9. The Morgan fingerprint density at radius 3 is 2.50 bits per heavy atom. The molecule has 18 heavy (non-hydrogen) atoms. The molecule has 1 aromatic carbocycles. The first-order chi connectivity index (χ1) is 8.21. The molecule has 1 rings (SSSR count). The lowest BCUT2D eigenvalue weighted by molar-refractivity contribution is 0.0691. The van der Waals surface area contributed by atoms with E-state index in [1.807, 2.05) is 0 Å². The molecule has 8 heteroatoms. The zero-order chi connectivity index (χ0) is 14.1. The summed E-state index contributed by atoms with van der Waals surface area (Å²) in [6.07, 6.45) is 0. The summed E-state index contributed by atoms with van der Waals surface area (Å²) in [4.78, 5) is 10.0. The second-order valence-corrected chi connectivity index (χ2v) is 5.94. The number of carboxylic acid groups (broad SMARTS) is 1. The van der Waals surface area contributed by atoms with Gasteiger partial charge in [-0.25, -0.2) is 21.9 Å². The minimum absolute atomic E-state index is 0.122. The van der Waals surface area contributed by atoms with E-state index in [1.54, 1.807) is 6.92 Å². The molecular weight excluding hydrogens is 285 g/mol. The Morgan fingerprint density at radius 1 is 1.50 bits per heavy atom. The zero-order valence-corrected chi connectivity index (χ0v) is 11.2. The van der Waals surface area contributed by atoms with Crippen LogP contribution in [0.2, 0.25) is 5.02 Å². The lowest BCUT2D eigenvalue weighted by Gasteiger charge is -2.16. The Balaban J connectivity index is 3.57. The fourth-order valence-corrected chi connectivity index (χ4v) is 2.82. The van der Waals surface area contributed by atoms with Gasteiger partial charge in [0, 0.05) is 18.6 Å². The summed E-state index contributed by atoms with van der Waals surface area (Å²) in [6, 6.07) is 1.76. The van der Waals surface area contributed by atoms with Crippen LogP contribution in [0, 0.1) is 5.82 Å². The number of nitrogens with zero attached hydrogens (tertiary/aromatic N) is 1.